The van der Waals surface area contributed by atoms with Crippen LogP contribution < -0.4 is 5.73 Å². The average molecular weight is 821 g/mol. The molecule has 3 unspecified atom stereocenters. The molecule has 4 saturated carbocycles. The Hall–Kier alpha value is -2.66. The number of aliphatic hydroxyl groups excluding tert-OH is 2. The summed E-state index contributed by atoms with van der Waals surface area (Å²) < 4.78 is 38.1. The molecule has 4 aliphatic carbocycles. The molecule has 7 aliphatic rings. The molecule has 3 aliphatic heterocycles. The van der Waals surface area contributed by atoms with Crippen molar-refractivity contribution >= 4 is 39.8 Å². The molecule has 3 heterocycles. The van der Waals surface area contributed by atoms with Crippen molar-refractivity contribution in [3.8, 4) is 0 Å². The average Bonchev–Trinajstić information content (AvgIpc) is 3.79. The van der Waals surface area contributed by atoms with Crippen molar-refractivity contribution in [2.24, 2.45) is 57.5 Å². The summed E-state index contributed by atoms with van der Waals surface area (Å²) in [7, 11) is 0. The lowest BCUT2D eigenvalue weighted by Gasteiger charge is -2.67. The molecule has 15 heteroatoms. The van der Waals surface area contributed by atoms with Crippen LogP contribution in [0.5, 0.6) is 0 Å². The molecule has 3 saturated heterocycles. The first-order valence-electron chi connectivity index (χ1n) is 18.8. The number of esters is 4. The summed E-state index contributed by atoms with van der Waals surface area (Å²) in [5.74, 6) is -9.68. The lowest BCUT2D eigenvalue weighted by Crippen LogP contribution is -2.76. The number of halogens is 1. The molecule has 1 aromatic carbocycles. The second-order valence-electron chi connectivity index (χ2n) is 17.8. The molecule has 1 aromatic rings. The van der Waals surface area contributed by atoms with Gasteiger partial charge < -0.3 is 49.5 Å². The van der Waals surface area contributed by atoms with E-state index in [0.717, 1.165) is 4.47 Å². The third-order valence-corrected chi connectivity index (χ3v) is 16.1. The first kappa shape index (κ1) is 38.2. The highest BCUT2D eigenvalue weighted by atomic mass is 79.9. The van der Waals surface area contributed by atoms with E-state index in [1.807, 2.05) is 13.8 Å². The number of fused-ring (bicyclic) bond motifs is 10. The summed E-state index contributed by atoms with van der Waals surface area (Å²) in [6.07, 6.45) is -7.28. The number of hydrogen-bond donors (Lipinski definition) is 4. The second kappa shape index (κ2) is 11.9. The molecule has 296 valence electrons. The maximum absolute atomic E-state index is 14.1. The molecule has 54 heavy (non-hydrogen) atoms. The van der Waals surface area contributed by atoms with E-state index in [4.69, 9.17) is 34.2 Å². The van der Waals surface area contributed by atoms with E-state index in [2.05, 4.69) is 15.9 Å². The Labute approximate surface area is 321 Å². The van der Waals surface area contributed by atoms with E-state index < -0.39 is 136 Å². The summed E-state index contributed by atoms with van der Waals surface area (Å²) >= 11 is 3.40. The Morgan fingerprint density at radius 3 is 2.13 bits per heavy atom. The number of hydrogen-bond acceptors (Lipinski definition) is 14. The van der Waals surface area contributed by atoms with Gasteiger partial charge in [-0.15, -0.1) is 0 Å². The molecule has 0 radical (unpaired) electrons. The summed E-state index contributed by atoms with van der Waals surface area (Å²) in [5.41, 5.74) is 1.28. The van der Waals surface area contributed by atoms with Gasteiger partial charge in [0.25, 0.3) is 0 Å². The quantitative estimate of drug-likeness (QED) is 0.195. The Morgan fingerprint density at radius 1 is 0.889 bits per heavy atom. The molecule has 0 bridgehead atoms. The lowest BCUT2D eigenvalue weighted by molar-refractivity contribution is -0.340. The van der Waals surface area contributed by atoms with Crippen LogP contribution in [0.25, 0.3) is 0 Å². The molecule has 0 spiro atoms. The number of rotatable bonds is 4. The molecular formula is C39H50BrNO13. The second-order valence-corrected chi connectivity index (χ2v) is 18.7. The van der Waals surface area contributed by atoms with Gasteiger partial charge in [-0.2, -0.15) is 0 Å². The summed E-state index contributed by atoms with van der Waals surface area (Å²) in [6, 6.07) is 5.74. The fraction of sp³-hybridized carbons (Fsp3) is 0.744. The summed E-state index contributed by atoms with van der Waals surface area (Å²) in [4.78, 5) is 54.0. The molecular weight excluding hydrogens is 770 g/mol. The van der Waals surface area contributed by atoms with Gasteiger partial charge in [-0.05, 0) is 57.4 Å². The van der Waals surface area contributed by atoms with Crippen LogP contribution in [0.3, 0.4) is 0 Å². The minimum atomic E-state index is -2.15. The predicted octanol–water partition coefficient (Wildman–Crippen LogP) is 2.26. The van der Waals surface area contributed by atoms with Crippen LogP contribution in [0.4, 0.5) is 0 Å². The van der Waals surface area contributed by atoms with Gasteiger partial charge in [-0.3, -0.25) is 9.59 Å². The third-order valence-electron chi connectivity index (χ3n) is 15.6. The smallest absolute Gasteiger partial charge is 0.341 e. The SMILES string of the molecule is CC(=O)O[C@H]1C2C([C@@H](OC(=O)c3ccc(Br)cc3)[C@@H](N)[C@H]3C[C@@H]4O[C@@H]4[C@H](O)[C@]23C)[C@@H]2[C@@H](O)[C@@H]3[C@H](C(C)O[C@@]4(C)OC(=O)[C@@](C)(O)[C@]34C)[C@@]2(C)[C@H]1OC(C)=O. The van der Waals surface area contributed by atoms with E-state index >= 15 is 0 Å². The standard InChI is InChI=1S/C39H50BrNO13/c1-14-22-25(37(6)38(7,48)34(47)54-39(37,8)53-14)27(44)23-21-24(30(49-15(2)42)32(36(22,23)5)50-16(3)43)35(4)19(13-20-28(51-20)31(35)45)26(41)29(21)52-33(46)17-9-11-18(40)12-10-17/h9-12,14,19-32,44-45,48H,13,41H2,1-8H3/t14?,19-,20+,21?,22+,23-,24?,25+,26+,27-,28+,29-,30+,31+,32+,35+,36-,37+,38-,39+/m1/s1. The van der Waals surface area contributed by atoms with Crippen LogP contribution >= 0.6 is 15.9 Å². The fourth-order valence-electron chi connectivity index (χ4n) is 13.2. The minimum Gasteiger partial charge on any atom is -0.458 e. The Bertz CT molecular complexity index is 1790. The maximum atomic E-state index is 14.1. The molecule has 20 atom stereocenters. The molecule has 8 rings (SSSR count). The topological polar surface area (TPSA) is 214 Å². The summed E-state index contributed by atoms with van der Waals surface area (Å²) in [6.45, 7) is 12.5. The lowest BCUT2D eigenvalue weighted by atomic mass is 9.40. The molecule has 0 aromatic heterocycles. The maximum Gasteiger partial charge on any atom is 0.341 e. The highest BCUT2D eigenvalue weighted by Gasteiger charge is 2.86. The van der Waals surface area contributed by atoms with Crippen LogP contribution in [0, 0.1) is 51.8 Å². The van der Waals surface area contributed by atoms with Crippen molar-refractivity contribution in [2.45, 2.75) is 128 Å². The van der Waals surface area contributed by atoms with Crippen molar-refractivity contribution < 1.29 is 62.9 Å². The van der Waals surface area contributed by atoms with E-state index in [1.165, 1.54) is 20.8 Å². The molecule has 7 fully saturated rings. The van der Waals surface area contributed by atoms with E-state index in [1.54, 1.807) is 45.0 Å². The zero-order valence-corrected chi connectivity index (χ0v) is 33.1. The van der Waals surface area contributed by atoms with Crippen LogP contribution in [0.2, 0.25) is 0 Å². The van der Waals surface area contributed by atoms with Gasteiger partial charge in [0.1, 0.15) is 24.4 Å². The van der Waals surface area contributed by atoms with Crippen molar-refractivity contribution in [1.82, 2.24) is 0 Å². The van der Waals surface area contributed by atoms with Gasteiger partial charge in [-0.25, -0.2) is 9.59 Å². The van der Waals surface area contributed by atoms with Crippen LogP contribution in [0.1, 0.15) is 72.2 Å². The number of ether oxygens (including phenoxy) is 6. The van der Waals surface area contributed by atoms with E-state index in [-0.39, 0.29) is 11.7 Å². The van der Waals surface area contributed by atoms with Crippen molar-refractivity contribution in [3.05, 3.63) is 34.3 Å². The predicted molar refractivity (Wildman–Crippen MR) is 189 cm³/mol. The van der Waals surface area contributed by atoms with Crippen molar-refractivity contribution in [1.29, 1.82) is 0 Å². The Morgan fingerprint density at radius 2 is 1.52 bits per heavy atom. The molecule has 5 N–H and O–H groups in total. The van der Waals surface area contributed by atoms with E-state index in [9.17, 15) is 34.5 Å². The van der Waals surface area contributed by atoms with Crippen LogP contribution in [-0.2, 0) is 42.8 Å². The van der Waals surface area contributed by atoms with Crippen LogP contribution in [0.15, 0.2) is 28.7 Å². The third kappa shape index (κ3) is 4.66. The molecule has 0 amide bonds. The Kier molecular flexibility index (Phi) is 8.45. The highest BCUT2D eigenvalue weighted by molar-refractivity contribution is 9.10. The first-order chi connectivity index (χ1) is 25.1. The van der Waals surface area contributed by atoms with Crippen LogP contribution in [-0.4, -0.2) is 105 Å². The molecule has 14 nitrogen and oxygen atoms in total. The number of nitrogens with two attached hydrogens (primary N) is 1. The fourth-order valence-corrected chi connectivity index (χ4v) is 13.4. The van der Waals surface area contributed by atoms with E-state index in [0.29, 0.717) is 6.42 Å². The normalized spacial score (nSPS) is 53.6. The number of carbonyl (C=O) groups is 4. The van der Waals surface area contributed by atoms with Gasteiger partial charge in [0, 0.05) is 71.7 Å². The van der Waals surface area contributed by atoms with Gasteiger partial charge in [-0.1, -0.05) is 29.8 Å². The number of carbonyl (C=O) groups excluding carboxylic acids is 4. The van der Waals surface area contributed by atoms with Gasteiger partial charge >= 0.3 is 23.9 Å². The van der Waals surface area contributed by atoms with Gasteiger partial charge in [0.2, 0.25) is 5.79 Å². The summed E-state index contributed by atoms with van der Waals surface area (Å²) in [5, 5.41) is 37.4. The number of aliphatic hydroxyl groups is 3. The largest absolute Gasteiger partial charge is 0.458 e. The first-order valence-corrected chi connectivity index (χ1v) is 19.6. The highest BCUT2D eigenvalue weighted by Crippen LogP contribution is 2.76. The number of benzene rings is 1. The minimum absolute atomic E-state index is 0.251. The zero-order chi connectivity index (χ0) is 39.4. The zero-order valence-electron chi connectivity index (χ0n) is 31.6. The number of epoxide rings is 1. The van der Waals surface area contributed by atoms with Gasteiger partial charge in [0.05, 0.1) is 35.4 Å². The monoisotopic (exact) mass is 819 g/mol. The van der Waals surface area contributed by atoms with Gasteiger partial charge in [0.15, 0.2) is 5.60 Å². The van der Waals surface area contributed by atoms with Crippen molar-refractivity contribution in [3.63, 3.8) is 0 Å². The van der Waals surface area contributed by atoms with Crippen molar-refractivity contribution in [2.75, 3.05) is 0 Å². The Balaban J connectivity index is 1.38.